The molecule has 14 atom stereocenters. The van der Waals surface area contributed by atoms with Crippen molar-refractivity contribution >= 4 is 0 Å². The number of ether oxygens (including phenoxy) is 2. The van der Waals surface area contributed by atoms with Gasteiger partial charge in [0.15, 0.2) is 6.29 Å². The van der Waals surface area contributed by atoms with Crippen LogP contribution in [0.15, 0.2) is 34.9 Å². The van der Waals surface area contributed by atoms with E-state index >= 15 is 0 Å². The van der Waals surface area contributed by atoms with Crippen molar-refractivity contribution in [1.29, 1.82) is 0 Å². The second-order valence-electron chi connectivity index (χ2n) is 15.0. The monoisotopic (exact) mass is 620 g/mol. The van der Waals surface area contributed by atoms with Crippen LogP contribution in [0.25, 0.3) is 0 Å². The summed E-state index contributed by atoms with van der Waals surface area (Å²) in [4.78, 5) is 0. The van der Waals surface area contributed by atoms with Gasteiger partial charge in [-0.3, -0.25) is 0 Å². The van der Waals surface area contributed by atoms with Gasteiger partial charge in [0.05, 0.1) is 25.4 Å². The van der Waals surface area contributed by atoms with E-state index in [1.807, 2.05) is 13.0 Å². The lowest BCUT2D eigenvalue weighted by atomic mass is 9.51. The van der Waals surface area contributed by atoms with Crippen LogP contribution in [0.4, 0.5) is 0 Å². The summed E-state index contributed by atoms with van der Waals surface area (Å²) >= 11 is 0. The summed E-state index contributed by atoms with van der Waals surface area (Å²) in [6, 6.07) is 0. The minimum Gasteiger partial charge on any atom is -0.396 e. The summed E-state index contributed by atoms with van der Waals surface area (Å²) < 4.78 is 11.8. The van der Waals surface area contributed by atoms with Gasteiger partial charge in [-0.15, -0.1) is 0 Å². The molecule has 0 aromatic rings. The van der Waals surface area contributed by atoms with Crippen molar-refractivity contribution in [3.05, 3.63) is 34.9 Å². The van der Waals surface area contributed by atoms with Crippen LogP contribution >= 0.6 is 0 Å². The van der Waals surface area contributed by atoms with E-state index in [0.717, 1.165) is 56.9 Å². The Labute approximate surface area is 262 Å². The first kappa shape index (κ1) is 34.2. The molecule has 0 radical (unpaired) electrons. The number of hydrogen-bond donors (Lipinski definition) is 7. The van der Waals surface area contributed by atoms with Crippen molar-refractivity contribution in [2.75, 3.05) is 19.8 Å². The topological polar surface area (TPSA) is 160 Å². The van der Waals surface area contributed by atoms with Gasteiger partial charge < -0.3 is 45.2 Å². The molecule has 44 heavy (non-hydrogen) atoms. The van der Waals surface area contributed by atoms with E-state index in [4.69, 9.17) is 9.47 Å². The molecule has 2 saturated carbocycles. The van der Waals surface area contributed by atoms with Gasteiger partial charge in [0.1, 0.15) is 24.4 Å². The Hall–Kier alpha value is -1.14. The molecule has 0 bridgehead atoms. The summed E-state index contributed by atoms with van der Waals surface area (Å²) in [7, 11) is 0. The van der Waals surface area contributed by atoms with Crippen LogP contribution in [0, 0.1) is 40.4 Å². The molecule has 0 amide bonds. The van der Waals surface area contributed by atoms with Crippen LogP contribution in [-0.2, 0) is 9.47 Å². The maximum atomic E-state index is 11.5. The zero-order chi connectivity index (χ0) is 32.0. The van der Waals surface area contributed by atoms with Gasteiger partial charge in [0.2, 0.25) is 0 Å². The van der Waals surface area contributed by atoms with Crippen molar-refractivity contribution in [1.82, 2.24) is 0 Å². The Balaban J connectivity index is 1.27. The van der Waals surface area contributed by atoms with Gasteiger partial charge in [-0.25, -0.2) is 0 Å². The fraction of sp³-hybridized carbons (Fsp3) is 0.829. The maximum absolute atomic E-state index is 11.5. The third-order valence-electron chi connectivity index (χ3n) is 12.5. The summed E-state index contributed by atoms with van der Waals surface area (Å²) in [6.07, 6.45) is 6.61. The Kier molecular flexibility index (Phi) is 10.5. The van der Waals surface area contributed by atoms with Crippen LogP contribution in [0.1, 0.15) is 79.1 Å². The van der Waals surface area contributed by atoms with Crippen molar-refractivity contribution in [3.8, 4) is 0 Å². The average molecular weight is 621 g/mol. The van der Waals surface area contributed by atoms with Crippen molar-refractivity contribution < 1.29 is 45.2 Å². The maximum Gasteiger partial charge on any atom is 0.186 e. The first-order chi connectivity index (χ1) is 20.9. The minimum atomic E-state index is -1.45. The predicted molar refractivity (Wildman–Crippen MR) is 165 cm³/mol. The fourth-order valence-corrected chi connectivity index (χ4v) is 9.75. The quantitative estimate of drug-likeness (QED) is 0.182. The molecule has 5 rings (SSSR count). The highest BCUT2D eigenvalue weighted by Gasteiger charge is 2.58. The average Bonchev–Trinajstić information content (AvgIpc) is 3.28. The van der Waals surface area contributed by atoms with E-state index in [1.165, 1.54) is 11.1 Å². The van der Waals surface area contributed by atoms with Crippen LogP contribution in [-0.4, -0.2) is 98.5 Å². The molecule has 14 unspecified atom stereocenters. The number of allylic oxidation sites excluding steroid dienone is 4. The molecule has 4 aliphatic carbocycles. The predicted octanol–water partition coefficient (Wildman–Crippen LogP) is 2.60. The van der Waals surface area contributed by atoms with Crippen molar-refractivity contribution in [2.45, 2.75) is 122 Å². The van der Waals surface area contributed by atoms with E-state index in [-0.39, 0.29) is 48.1 Å². The molecule has 250 valence electrons. The van der Waals surface area contributed by atoms with Gasteiger partial charge >= 0.3 is 0 Å². The lowest BCUT2D eigenvalue weighted by molar-refractivity contribution is -0.314. The van der Waals surface area contributed by atoms with Gasteiger partial charge in [0, 0.05) is 12.5 Å². The third-order valence-corrected chi connectivity index (χ3v) is 12.5. The molecule has 0 aromatic heterocycles. The molecule has 1 saturated heterocycles. The number of hydrogen-bond acceptors (Lipinski definition) is 9. The minimum absolute atomic E-state index is 0.0142. The zero-order valence-electron chi connectivity index (χ0n) is 26.9. The fourth-order valence-electron chi connectivity index (χ4n) is 9.75. The van der Waals surface area contributed by atoms with Gasteiger partial charge in [-0.05, 0) is 97.0 Å². The Morgan fingerprint density at radius 2 is 1.80 bits per heavy atom. The van der Waals surface area contributed by atoms with Crippen molar-refractivity contribution in [2.24, 2.45) is 40.4 Å². The number of aliphatic hydroxyl groups is 7. The highest BCUT2D eigenvalue weighted by molar-refractivity contribution is 5.46. The highest BCUT2D eigenvalue weighted by Crippen LogP contribution is 2.65. The van der Waals surface area contributed by atoms with Crippen LogP contribution < -0.4 is 0 Å². The highest BCUT2D eigenvalue weighted by atomic mass is 16.7. The van der Waals surface area contributed by atoms with Crippen LogP contribution in [0.2, 0.25) is 0 Å². The van der Waals surface area contributed by atoms with Gasteiger partial charge in [0.25, 0.3) is 0 Å². The van der Waals surface area contributed by atoms with Gasteiger partial charge in [-0.1, -0.05) is 51.5 Å². The van der Waals surface area contributed by atoms with Gasteiger partial charge in [-0.2, -0.15) is 0 Å². The molecular weight excluding hydrogens is 564 g/mol. The Bertz CT molecular complexity index is 1100. The molecule has 5 aliphatic rings. The third kappa shape index (κ3) is 6.02. The molecule has 9 nitrogen and oxygen atoms in total. The lowest BCUT2D eigenvalue weighted by Crippen LogP contribution is -2.60. The lowest BCUT2D eigenvalue weighted by Gasteiger charge is -2.54. The standard InChI is InChI=1S/C35H56O9/c1-19(5-6-21(11-14-36)20(2)17-37)29-27(39)16-26-24-8-7-22-15-23(9-12-34(22,3)25(24)10-13-35(26,29)4)43-33-32(42)31(41)30(40)28(18-38)44-33/h8,10-11,19-20,22-23,26-33,36-42H,5-7,9,12-18H2,1-4H3. The molecule has 1 heterocycles. The molecule has 3 fully saturated rings. The number of fused-ring (bicyclic) bond motifs is 5. The SMILES string of the molecule is CC(CO)C(=CCO)CCC(C)C1C(O)CC2C3=CCC4CC(OC5OC(CO)C(O)C(O)C5O)CCC4(C)C3=CCC21C. The number of rotatable bonds is 10. The van der Waals surface area contributed by atoms with E-state index in [1.54, 1.807) is 0 Å². The van der Waals surface area contributed by atoms with E-state index < -0.39 is 37.3 Å². The summed E-state index contributed by atoms with van der Waals surface area (Å²) in [5, 5.41) is 71.0. The first-order valence-electron chi connectivity index (χ1n) is 16.8. The Morgan fingerprint density at radius 1 is 1.05 bits per heavy atom. The normalized spacial score (nSPS) is 45.5. The van der Waals surface area contributed by atoms with E-state index in [9.17, 15) is 35.7 Å². The molecular formula is C35H56O9. The molecule has 9 heteroatoms. The van der Waals surface area contributed by atoms with Crippen LogP contribution in [0.5, 0.6) is 0 Å². The van der Waals surface area contributed by atoms with E-state index in [0.29, 0.717) is 17.8 Å². The smallest absolute Gasteiger partial charge is 0.186 e. The Morgan fingerprint density at radius 3 is 2.48 bits per heavy atom. The molecule has 0 spiro atoms. The summed E-state index contributed by atoms with van der Waals surface area (Å²) in [5.74, 6) is 1.13. The first-order valence-corrected chi connectivity index (χ1v) is 16.8. The summed E-state index contributed by atoms with van der Waals surface area (Å²) in [5.41, 5.74) is 3.87. The molecule has 0 aromatic carbocycles. The second-order valence-corrected chi connectivity index (χ2v) is 15.0. The van der Waals surface area contributed by atoms with Crippen molar-refractivity contribution in [3.63, 3.8) is 0 Å². The van der Waals surface area contributed by atoms with Crippen LogP contribution in [0.3, 0.4) is 0 Å². The number of aliphatic hydroxyl groups excluding tert-OH is 7. The summed E-state index contributed by atoms with van der Waals surface area (Å²) in [6.45, 7) is 8.53. The molecule has 7 N–H and O–H groups in total. The second kappa shape index (κ2) is 13.5. The van der Waals surface area contributed by atoms with E-state index in [2.05, 4.69) is 32.9 Å². The largest absolute Gasteiger partial charge is 0.396 e. The molecule has 1 aliphatic heterocycles. The zero-order valence-corrected chi connectivity index (χ0v) is 26.9.